The van der Waals surface area contributed by atoms with Crippen molar-refractivity contribution >= 4 is 29.4 Å². The zero-order valence-corrected chi connectivity index (χ0v) is 16.0. The molecule has 148 valence electrons. The predicted octanol–water partition coefficient (Wildman–Crippen LogP) is 4.68. The first-order valence-corrected chi connectivity index (χ1v) is 8.89. The highest BCUT2D eigenvalue weighted by Crippen LogP contribution is 2.28. The van der Waals surface area contributed by atoms with Crippen LogP contribution in [0.15, 0.2) is 71.8 Å². The van der Waals surface area contributed by atoms with Gasteiger partial charge in [0.05, 0.1) is 11.1 Å². The van der Waals surface area contributed by atoms with E-state index in [0.29, 0.717) is 21.9 Å². The summed E-state index contributed by atoms with van der Waals surface area (Å²) in [7, 11) is 0. The van der Waals surface area contributed by atoms with Gasteiger partial charge in [0.2, 0.25) is 0 Å². The zero-order valence-electron chi connectivity index (χ0n) is 15.3. The number of nitrogens with one attached hydrogen (secondary N) is 1. The maximum absolute atomic E-state index is 12.0. The van der Waals surface area contributed by atoms with Gasteiger partial charge in [-0.25, -0.2) is 5.43 Å². The summed E-state index contributed by atoms with van der Waals surface area (Å²) in [6, 6.07) is 18.8. The molecule has 0 saturated carbocycles. The molecule has 1 amide bonds. The monoisotopic (exact) mass is 420 g/mol. The Balaban J connectivity index is 1.64. The molecule has 0 bridgehead atoms. The summed E-state index contributed by atoms with van der Waals surface area (Å²) in [5, 5.41) is 24.3. The Labute approximate surface area is 176 Å². The highest BCUT2D eigenvalue weighted by molar-refractivity contribution is 6.30. The second-order valence-corrected chi connectivity index (χ2v) is 6.37. The van der Waals surface area contributed by atoms with Gasteiger partial charge >= 0.3 is 0 Å². The number of nitriles is 1. The topological polar surface area (TPSA) is 118 Å². The third-order valence-corrected chi connectivity index (χ3v) is 4.10. The van der Waals surface area contributed by atoms with E-state index >= 15 is 0 Å². The van der Waals surface area contributed by atoms with Crippen LogP contribution in [0, 0.1) is 21.4 Å². The van der Waals surface area contributed by atoms with Crippen molar-refractivity contribution in [2.75, 3.05) is 0 Å². The summed E-state index contributed by atoms with van der Waals surface area (Å²) in [4.78, 5) is 22.2. The molecule has 0 unspecified atom stereocenters. The van der Waals surface area contributed by atoms with Gasteiger partial charge in [0.1, 0.15) is 23.1 Å². The quantitative estimate of drug-likeness (QED) is 0.353. The van der Waals surface area contributed by atoms with Crippen LogP contribution in [0.4, 0.5) is 5.69 Å². The first kappa shape index (κ1) is 20.5. The standard InChI is InChI=1S/C21H13ClN4O4/c22-17-3-1-2-15(10-17)21(27)25-24-13-14-4-7-19(8-5-14)30-20-9-6-18(26(28)29)11-16(20)12-23/h1-11,13H,(H,25,27). The molecule has 0 saturated heterocycles. The number of nitrogens with zero attached hydrogens (tertiary/aromatic N) is 3. The SMILES string of the molecule is N#Cc1cc([N+](=O)[O-])ccc1Oc1ccc(C=NNC(=O)c2cccc(Cl)c2)cc1. The minimum atomic E-state index is -0.579. The van der Waals surface area contributed by atoms with E-state index in [9.17, 15) is 20.2 Å². The molecule has 0 atom stereocenters. The molecular weight excluding hydrogens is 408 g/mol. The normalized spacial score (nSPS) is 10.4. The lowest BCUT2D eigenvalue weighted by Gasteiger charge is -2.07. The van der Waals surface area contributed by atoms with Crippen molar-refractivity contribution in [3.05, 3.63) is 98.6 Å². The fourth-order valence-corrected chi connectivity index (χ4v) is 2.61. The second kappa shape index (κ2) is 9.32. The third-order valence-electron chi connectivity index (χ3n) is 3.87. The van der Waals surface area contributed by atoms with Gasteiger partial charge in [-0.2, -0.15) is 10.4 Å². The number of hydrogen-bond acceptors (Lipinski definition) is 6. The fraction of sp³-hybridized carbons (Fsp3) is 0. The number of hydrazone groups is 1. The molecule has 0 aliphatic rings. The molecule has 3 rings (SSSR count). The molecule has 3 aromatic carbocycles. The van der Waals surface area contributed by atoms with Gasteiger partial charge in [-0.1, -0.05) is 17.7 Å². The van der Waals surface area contributed by atoms with Crippen LogP contribution in [-0.2, 0) is 0 Å². The van der Waals surface area contributed by atoms with Gasteiger partial charge in [-0.15, -0.1) is 0 Å². The van der Waals surface area contributed by atoms with Gasteiger partial charge in [0, 0.05) is 22.7 Å². The fourth-order valence-electron chi connectivity index (χ4n) is 2.42. The molecule has 0 aromatic heterocycles. The number of carbonyl (C=O) groups is 1. The molecule has 0 aliphatic heterocycles. The lowest BCUT2D eigenvalue weighted by Crippen LogP contribution is -2.17. The first-order chi connectivity index (χ1) is 14.5. The van der Waals surface area contributed by atoms with Crippen LogP contribution < -0.4 is 10.2 Å². The van der Waals surface area contributed by atoms with Crippen LogP contribution in [0.1, 0.15) is 21.5 Å². The minimum absolute atomic E-state index is 0.0542. The summed E-state index contributed by atoms with van der Waals surface area (Å²) in [6.45, 7) is 0. The Morgan fingerprint density at radius 2 is 1.93 bits per heavy atom. The number of rotatable bonds is 6. The van der Waals surface area contributed by atoms with E-state index in [1.165, 1.54) is 24.4 Å². The van der Waals surface area contributed by atoms with E-state index in [2.05, 4.69) is 10.5 Å². The number of carbonyl (C=O) groups excluding carboxylic acids is 1. The molecule has 30 heavy (non-hydrogen) atoms. The second-order valence-electron chi connectivity index (χ2n) is 5.93. The predicted molar refractivity (Wildman–Crippen MR) is 111 cm³/mol. The molecule has 0 aliphatic carbocycles. The highest BCUT2D eigenvalue weighted by Gasteiger charge is 2.12. The summed E-state index contributed by atoms with van der Waals surface area (Å²) in [5.74, 6) is 0.245. The number of benzene rings is 3. The van der Waals surface area contributed by atoms with Gasteiger partial charge in [-0.3, -0.25) is 14.9 Å². The Hall–Kier alpha value is -4.22. The average molecular weight is 421 g/mol. The number of halogens is 1. The van der Waals surface area contributed by atoms with Crippen LogP contribution in [0.5, 0.6) is 11.5 Å². The van der Waals surface area contributed by atoms with Crippen LogP contribution in [0.25, 0.3) is 0 Å². The van der Waals surface area contributed by atoms with Crippen LogP contribution in [-0.4, -0.2) is 17.0 Å². The number of hydrogen-bond donors (Lipinski definition) is 1. The number of nitro benzene ring substituents is 1. The lowest BCUT2D eigenvalue weighted by molar-refractivity contribution is -0.384. The molecule has 0 radical (unpaired) electrons. The number of non-ortho nitro benzene ring substituents is 1. The molecule has 9 heteroatoms. The number of nitro groups is 1. The van der Waals surface area contributed by atoms with E-state index < -0.39 is 10.8 Å². The van der Waals surface area contributed by atoms with Crippen molar-refractivity contribution in [2.45, 2.75) is 0 Å². The van der Waals surface area contributed by atoms with Gasteiger partial charge in [0.25, 0.3) is 11.6 Å². The maximum Gasteiger partial charge on any atom is 0.271 e. The van der Waals surface area contributed by atoms with Gasteiger partial charge in [0.15, 0.2) is 0 Å². The van der Waals surface area contributed by atoms with Crippen LogP contribution >= 0.6 is 11.6 Å². The van der Waals surface area contributed by atoms with Crippen molar-refractivity contribution in [1.82, 2.24) is 5.43 Å². The zero-order chi connectivity index (χ0) is 21.5. The van der Waals surface area contributed by atoms with Crippen LogP contribution in [0.3, 0.4) is 0 Å². The molecule has 0 heterocycles. The summed E-state index contributed by atoms with van der Waals surface area (Å²) < 4.78 is 5.63. The van der Waals surface area contributed by atoms with Crippen molar-refractivity contribution in [2.24, 2.45) is 5.10 Å². The largest absolute Gasteiger partial charge is 0.456 e. The van der Waals surface area contributed by atoms with Crippen molar-refractivity contribution < 1.29 is 14.5 Å². The van der Waals surface area contributed by atoms with E-state index in [1.54, 1.807) is 42.5 Å². The maximum atomic E-state index is 12.0. The summed E-state index contributed by atoms with van der Waals surface area (Å²) in [6.07, 6.45) is 1.46. The molecule has 8 nitrogen and oxygen atoms in total. The minimum Gasteiger partial charge on any atom is -0.456 e. The highest BCUT2D eigenvalue weighted by atomic mass is 35.5. The Morgan fingerprint density at radius 1 is 1.17 bits per heavy atom. The molecule has 3 aromatic rings. The van der Waals surface area contributed by atoms with E-state index in [4.69, 9.17) is 16.3 Å². The Kier molecular flexibility index (Phi) is 6.37. The Morgan fingerprint density at radius 3 is 2.60 bits per heavy atom. The van der Waals surface area contributed by atoms with Crippen molar-refractivity contribution in [1.29, 1.82) is 5.26 Å². The van der Waals surface area contributed by atoms with E-state index in [1.807, 2.05) is 6.07 Å². The summed E-state index contributed by atoms with van der Waals surface area (Å²) in [5.41, 5.74) is 3.35. The third kappa shape index (κ3) is 5.19. The number of amides is 1. The Bertz CT molecular complexity index is 1170. The number of ether oxygens (including phenoxy) is 1. The molecule has 0 fully saturated rings. The molecule has 0 spiro atoms. The van der Waals surface area contributed by atoms with Crippen molar-refractivity contribution in [3.63, 3.8) is 0 Å². The van der Waals surface area contributed by atoms with Gasteiger partial charge in [-0.05, 0) is 54.1 Å². The molecule has 1 N–H and O–H groups in total. The van der Waals surface area contributed by atoms with E-state index in [0.717, 1.165) is 6.07 Å². The first-order valence-electron chi connectivity index (χ1n) is 8.51. The van der Waals surface area contributed by atoms with Crippen molar-refractivity contribution in [3.8, 4) is 17.6 Å². The summed E-state index contributed by atoms with van der Waals surface area (Å²) >= 11 is 5.85. The molecular formula is C21H13ClN4O4. The van der Waals surface area contributed by atoms with Gasteiger partial charge < -0.3 is 4.74 Å². The smallest absolute Gasteiger partial charge is 0.271 e. The van der Waals surface area contributed by atoms with Crippen LogP contribution in [0.2, 0.25) is 5.02 Å². The van der Waals surface area contributed by atoms with E-state index in [-0.39, 0.29) is 17.0 Å². The average Bonchev–Trinajstić information content (AvgIpc) is 2.75. The lowest BCUT2D eigenvalue weighted by atomic mass is 10.2.